The largest absolute Gasteiger partial charge is 0.505 e. The highest BCUT2D eigenvalue weighted by molar-refractivity contribution is 5.75. The van der Waals surface area contributed by atoms with Crippen molar-refractivity contribution in [1.29, 1.82) is 0 Å². The number of rotatable bonds is 13. The van der Waals surface area contributed by atoms with Crippen LogP contribution in [0, 0.1) is 0 Å². The fourth-order valence-electron chi connectivity index (χ4n) is 3.26. The highest BCUT2D eigenvalue weighted by Crippen LogP contribution is 2.27. The molecule has 6 heteroatoms. The summed E-state index contributed by atoms with van der Waals surface area (Å²) in [5.74, 6) is 1.54. The molecular weight excluding hydrogens is 378 g/mol. The molecule has 1 N–H and O–H groups in total. The molecule has 1 aromatic heterocycles. The molecule has 0 radical (unpaired) electrons. The van der Waals surface area contributed by atoms with E-state index in [1.54, 1.807) is 12.1 Å². The molecule has 6 nitrogen and oxygen atoms in total. The van der Waals surface area contributed by atoms with Crippen LogP contribution in [0.25, 0.3) is 16.7 Å². The van der Waals surface area contributed by atoms with Gasteiger partial charge >= 0.3 is 0 Å². The highest BCUT2D eigenvalue weighted by Gasteiger charge is 2.11. The van der Waals surface area contributed by atoms with Crippen molar-refractivity contribution < 1.29 is 14.6 Å². The lowest BCUT2D eigenvalue weighted by Gasteiger charge is -2.08. The fourth-order valence-corrected chi connectivity index (χ4v) is 3.26. The molecule has 0 saturated carbocycles. The highest BCUT2D eigenvalue weighted by atomic mass is 16.5. The van der Waals surface area contributed by atoms with E-state index in [0.29, 0.717) is 24.7 Å². The van der Waals surface area contributed by atoms with Gasteiger partial charge in [0.2, 0.25) is 0 Å². The van der Waals surface area contributed by atoms with E-state index in [0.717, 1.165) is 36.0 Å². The summed E-state index contributed by atoms with van der Waals surface area (Å²) < 4.78 is 11.5. The first-order chi connectivity index (χ1) is 14.7. The average Bonchev–Trinajstić information content (AvgIpc) is 3.16. The summed E-state index contributed by atoms with van der Waals surface area (Å²) in [5, 5.41) is 19.4. The van der Waals surface area contributed by atoms with Gasteiger partial charge in [-0.3, -0.25) is 0 Å². The van der Waals surface area contributed by atoms with Crippen LogP contribution in [-0.2, 0) is 0 Å². The Balaban J connectivity index is 1.59. The van der Waals surface area contributed by atoms with Crippen molar-refractivity contribution in [2.45, 2.75) is 65.2 Å². The molecule has 0 unspecified atom stereocenters. The zero-order valence-corrected chi connectivity index (χ0v) is 18.1. The predicted octanol–water partition coefficient (Wildman–Crippen LogP) is 6.04. The number of phenolic OH excluding ortho intramolecular Hbond substituents is 1. The van der Waals surface area contributed by atoms with Gasteiger partial charge in [-0.2, -0.15) is 0 Å². The minimum absolute atomic E-state index is 0.0928. The smallest absolute Gasteiger partial charge is 0.146 e. The maximum Gasteiger partial charge on any atom is 0.146 e. The summed E-state index contributed by atoms with van der Waals surface area (Å²) in [6.07, 6.45) is 9.44. The molecule has 0 fully saturated rings. The number of nitrogens with zero attached hydrogens (tertiary/aromatic N) is 3. The van der Waals surface area contributed by atoms with Gasteiger partial charge in [-0.1, -0.05) is 52.4 Å². The van der Waals surface area contributed by atoms with E-state index in [4.69, 9.17) is 9.47 Å². The second kappa shape index (κ2) is 11.4. The van der Waals surface area contributed by atoms with E-state index in [-0.39, 0.29) is 5.75 Å². The second-order valence-corrected chi connectivity index (χ2v) is 7.61. The Hall–Kier alpha value is -2.76. The molecule has 1 heterocycles. The molecule has 0 spiro atoms. The first-order valence-corrected chi connectivity index (χ1v) is 11.2. The molecule has 2 aromatic carbocycles. The molecule has 3 rings (SSSR count). The zero-order valence-electron chi connectivity index (χ0n) is 18.1. The van der Waals surface area contributed by atoms with Crippen molar-refractivity contribution in [2.75, 3.05) is 13.2 Å². The number of hydrogen-bond donors (Lipinski definition) is 1. The summed E-state index contributed by atoms with van der Waals surface area (Å²) in [7, 11) is 0. The van der Waals surface area contributed by atoms with Crippen LogP contribution in [-0.4, -0.2) is 33.3 Å². The molecule has 30 heavy (non-hydrogen) atoms. The number of ether oxygens (including phenoxy) is 2. The Bertz CT molecular complexity index is 923. The van der Waals surface area contributed by atoms with Crippen LogP contribution in [0.3, 0.4) is 0 Å². The van der Waals surface area contributed by atoms with Crippen LogP contribution in [0.1, 0.15) is 65.2 Å². The standard InChI is InChI=1S/C24H33N3O3/c1-3-5-7-8-9-10-16-30-20-12-14-23(24(28)18-20)27-25-21-13-11-19(17-22(21)26-27)29-15-6-4-2/h11-14,17-18,28H,3-10,15-16H2,1-2H3. The number of hydrogen-bond acceptors (Lipinski definition) is 5. The molecule has 0 aliphatic heterocycles. The Morgan fingerprint density at radius 3 is 2.13 bits per heavy atom. The maximum absolute atomic E-state index is 10.5. The number of fused-ring (bicyclic) bond motifs is 1. The average molecular weight is 412 g/mol. The molecule has 162 valence electrons. The van der Waals surface area contributed by atoms with Crippen LogP contribution in [0.2, 0.25) is 0 Å². The molecule has 0 bridgehead atoms. The maximum atomic E-state index is 10.5. The van der Waals surface area contributed by atoms with Crippen molar-refractivity contribution in [3.8, 4) is 22.9 Å². The number of benzene rings is 2. The van der Waals surface area contributed by atoms with E-state index in [1.165, 1.54) is 36.9 Å². The van der Waals surface area contributed by atoms with Crippen LogP contribution in [0.15, 0.2) is 36.4 Å². The van der Waals surface area contributed by atoms with Gasteiger partial charge < -0.3 is 14.6 Å². The van der Waals surface area contributed by atoms with Crippen LogP contribution in [0.5, 0.6) is 17.2 Å². The lowest BCUT2D eigenvalue weighted by atomic mass is 10.1. The van der Waals surface area contributed by atoms with E-state index in [1.807, 2.05) is 24.3 Å². The van der Waals surface area contributed by atoms with Crippen molar-refractivity contribution in [3.05, 3.63) is 36.4 Å². The molecular formula is C24H33N3O3. The third-order valence-electron chi connectivity index (χ3n) is 5.05. The van der Waals surface area contributed by atoms with Gasteiger partial charge in [0.25, 0.3) is 0 Å². The number of aromatic hydroxyl groups is 1. The predicted molar refractivity (Wildman–Crippen MR) is 120 cm³/mol. The number of unbranched alkanes of at least 4 members (excludes halogenated alkanes) is 6. The van der Waals surface area contributed by atoms with Gasteiger partial charge in [-0.05, 0) is 37.1 Å². The van der Waals surface area contributed by atoms with Crippen LogP contribution in [0.4, 0.5) is 0 Å². The first-order valence-electron chi connectivity index (χ1n) is 11.2. The molecule has 0 aliphatic carbocycles. The number of aromatic nitrogens is 3. The van der Waals surface area contributed by atoms with Crippen molar-refractivity contribution >= 4 is 11.0 Å². The molecule has 0 saturated heterocycles. The van der Waals surface area contributed by atoms with Gasteiger partial charge in [0, 0.05) is 12.1 Å². The molecule has 3 aromatic rings. The minimum atomic E-state index is 0.0928. The SMILES string of the molecule is CCCCCCCCOc1ccc(-n2nc3ccc(OCCCC)cc3n2)c(O)c1. The molecule has 0 aliphatic rings. The van der Waals surface area contributed by atoms with Crippen molar-refractivity contribution in [3.63, 3.8) is 0 Å². The van der Waals surface area contributed by atoms with Gasteiger partial charge in [0.15, 0.2) is 0 Å². The normalized spacial score (nSPS) is 11.1. The lowest BCUT2D eigenvalue weighted by Crippen LogP contribution is -2.01. The van der Waals surface area contributed by atoms with Gasteiger partial charge in [0.1, 0.15) is 34.0 Å². The fraction of sp³-hybridized carbons (Fsp3) is 0.500. The monoisotopic (exact) mass is 411 g/mol. The van der Waals surface area contributed by atoms with Gasteiger partial charge in [0.05, 0.1) is 13.2 Å². The van der Waals surface area contributed by atoms with Crippen LogP contribution < -0.4 is 9.47 Å². The third kappa shape index (κ3) is 6.12. The zero-order chi connectivity index (χ0) is 21.2. The summed E-state index contributed by atoms with van der Waals surface area (Å²) >= 11 is 0. The molecule has 0 amide bonds. The Morgan fingerprint density at radius 2 is 1.37 bits per heavy atom. The lowest BCUT2D eigenvalue weighted by molar-refractivity contribution is 0.302. The summed E-state index contributed by atoms with van der Waals surface area (Å²) in [4.78, 5) is 1.45. The number of phenols is 1. The summed E-state index contributed by atoms with van der Waals surface area (Å²) in [5.41, 5.74) is 2.00. The van der Waals surface area contributed by atoms with E-state index in [9.17, 15) is 5.11 Å². The van der Waals surface area contributed by atoms with Crippen molar-refractivity contribution in [1.82, 2.24) is 15.0 Å². The van der Waals surface area contributed by atoms with Crippen LogP contribution >= 0.6 is 0 Å². The van der Waals surface area contributed by atoms with Gasteiger partial charge in [-0.25, -0.2) is 0 Å². The second-order valence-electron chi connectivity index (χ2n) is 7.61. The third-order valence-corrected chi connectivity index (χ3v) is 5.05. The Labute approximate surface area is 178 Å². The van der Waals surface area contributed by atoms with Gasteiger partial charge in [-0.15, -0.1) is 15.0 Å². The van der Waals surface area contributed by atoms with Crippen molar-refractivity contribution in [2.24, 2.45) is 0 Å². The topological polar surface area (TPSA) is 69.4 Å². The summed E-state index contributed by atoms with van der Waals surface area (Å²) in [6, 6.07) is 10.9. The molecule has 0 atom stereocenters. The Morgan fingerprint density at radius 1 is 0.733 bits per heavy atom. The minimum Gasteiger partial charge on any atom is -0.505 e. The quantitative estimate of drug-likeness (QED) is 0.347. The Kier molecular flexibility index (Phi) is 8.36. The summed E-state index contributed by atoms with van der Waals surface area (Å²) in [6.45, 7) is 5.71. The van der Waals surface area contributed by atoms with E-state index < -0.39 is 0 Å². The van der Waals surface area contributed by atoms with E-state index >= 15 is 0 Å². The first kappa shape index (κ1) is 21.9. The van der Waals surface area contributed by atoms with E-state index in [2.05, 4.69) is 24.0 Å².